The molecule has 8 nitrogen and oxygen atoms in total. The lowest BCUT2D eigenvalue weighted by molar-refractivity contribution is -0.120. The van der Waals surface area contributed by atoms with Gasteiger partial charge in [0, 0.05) is 21.9 Å². The summed E-state index contributed by atoms with van der Waals surface area (Å²) in [5, 5.41) is 19.0. The highest BCUT2D eigenvalue weighted by Crippen LogP contribution is 2.35. The van der Waals surface area contributed by atoms with Crippen LogP contribution in [0.3, 0.4) is 0 Å². The van der Waals surface area contributed by atoms with Gasteiger partial charge >= 0.3 is 11.5 Å². The van der Waals surface area contributed by atoms with E-state index in [0.717, 1.165) is 10.9 Å². The minimum absolute atomic E-state index is 0.166. The van der Waals surface area contributed by atoms with Gasteiger partial charge in [0.2, 0.25) is 5.88 Å². The number of fused-ring (bicyclic) bond motifs is 2. The number of aromatic nitrogens is 1. The second-order valence-corrected chi connectivity index (χ2v) is 7.16. The topological polar surface area (TPSA) is 117 Å². The number of nitrogens with one attached hydrogen (secondary N) is 1. The smallest absolute Gasteiger partial charge is 0.339 e. The molecule has 2 N–H and O–H groups in total. The van der Waals surface area contributed by atoms with Crippen molar-refractivity contribution in [3.8, 4) is 11.6 Å². The van der Waals surface area contributed by atoms with Gasteiger partial charge < -0.3 is 19.2 Å². The van der Waals surface area contributed by atoms with Gasteiger partial charge in [0.1, 0.15) is 11.3 Å². The minimum atomic E-state index is -0.622. The van der Waals surface area contributed by atoms with Crippen molar-refractivity contribution in [3.05, 3.63) is 63.5 Å². The van der Waals surface area contributed by atoms with Crippen LogP contribution >= 0.6 is 0 Å². The number of nitrogens with zero attached hydrogens (tertiary/aromatic N) is 2. The summed E-state index contributed by atoms with van der Waals surface area (Å²) in [7, 11) is 0. The van der Waals surface area contributed by atoms with Gasteiger partial charge in [0.05, 0.1) is 5.52 Å². The van der Waals surface area contributed by atoms with Crippen molar-refractivity contribution in [2.45, 2.75) is 27.2 Å². The van der Waals surface area contributed by atoms with Crippen molar-refractivity contribution in [3.63, 3.8) is 0 Å². The first-order valence-electron chi connectivity index (χ1n) is 9.83. The standard InChI is InChI=1S/C23H21N3O5/c1-4-14-12(2)15-9-10-18(13(3)21(15)31-23(14)29)30-11-19(27)25-26-20-16-7-5-6-8-17(16)24-22(20)28/h5-10,24,28H,4,11H2,1-3H3. The number of ether oxygens (including phenoxy) is 1. The maximum Gasteiger partial charge on any atom is 0.339 e. The Balaban J connectivity index is 1.54. The van der Waals surface area contributed by atoms with Crippen LogP contribution < -0.4 is 10.4 Å². The van der Waals surface area contributed by atoms with Gasteiger partial charge in [-0.1, -0.05) is 25.1 Å². The van der Waals surface area contributed by atoms with Gasteiger partial charge in [-0.05, 0) is 44.0 Å². The first-order valence-corrected chi connectivity index (χ1v) is 9.83. The lowest BCUT2D eigenvalue weighted by Crippen LogP contribution is -2.11. The molecule has 0 bridgehead atoms. The highest BCUT2D eigenvalue weighted by Gasteiger charge is 2.15. The second kappa shape index (κ2) is 8.06. The minimum Gasteiger partial charge on any atom is -0.493 e. The van der Waals surface area contributed by atoms with E-state index in [1.807, 2.05) is 26.0 Å². The molecule has 0 aliphatic carbocycles. The van der Waals surface area contributed by atoms with Gasteiger partial charge in [0.25, 0.3) is 0 Å². The molecule has 0 unspecified atom stereocenters. The van der Waals surface area contributed by atoms with E-state index in [1.165, 1.54) is 0 Å². The number of azo groups is 1. The van der Waals surface area contributed by atoms with E-state index in [4.69, 9.17) is 9.15 Å². The zero-order chi connectivity index (χ0) is 22.1. The molecule has 0 aliphatic rings. The van der Waals surface area contributed by atoms with Crippen molar-refractivity contribution in [1.82, 2.24) is 4.98 Å². The molecule has 4 rings (SSSR count). The van der Waals surface area contributed by atoms with E-state index >= 15 is 0 Å². The number of rotatable bonds is 5. The molecule has 2 aromatic carbocycles. The van der Waals surface area contributed by atoms with Crippen molar-refractivity contribution in [2.24, 2.45) is 10.2 Å². The van der Waals surface area contributed by atoms with Crippen LogP contribution in [-0.4, -0.2) is 22.6 Å². The lowest BCUT2D eigenvalue weighted by Gasteiger charge is -2.11. The molecule has 2 aromatic heterocycles. The number of aromatic hydroxyl groups is 1. The van der Waals surface area contributed by atoms with Crippen LogP contribution in [0.2, 0.25) is 0 Å². The van der Waals surface area contributed by atoms with Crippen LogP contribution in [0.15, 0.2) is 55.8 Å². The Labute approximate surface area is 177 Å². The zero-order valence-electron chi connectivity index (χ0n) is 17.4. The molecule has 31 heavy (non-hydrogen) atoms. The largest absolute Gasteiger partial charge is 0.493 e. The van der Waals surface area contributed by atoms with Crippen LogP contribution in [0.5, 0.6) is 11.6 Å². The summed E-state index contributed by atoms with van der Waals surface area (Å²) in [5.74, 6) is -0.373. The van der Waals surface area contributed by atoms with Crippen molar-refractivity contribution in [1.29, 1.82) is 0 Å². The first kappa shape index (κ1) is 20.3. The zero-order valence-corrected chi connectivity index (χ0v) is 17.4. The third kappa shape index (κ3) is 3.68. The molecule has 0 saturated heterocycles. The summed E-state index contributed by atoms with van der Waals surface area (Å²) >= 11 is 0. The summed E-state index contributed by atoms with van der Waals surface area (Å²) in [5.41, 5.74) is 3.11. The molecule has 2 heterocycles. The summed E-state index contributed by atoms with van der Waals surface area (Å²) in [6.07, 6.45) is 0.590. The molecule has 0 aliphatic heterocycles. The Morgan fingerprint density at radius 1 is 1.13 bits per heavy atom. The van der Waals surface area contributed by atoms with E-state index < -0.39 is 5.91 Å². The van der Waals surface area contributed by atoms with Crippen LogP contribution in [0.25, 0.3) is 21.9 Å². The summed E-state index contributed by atoms with van der Waals surface area (Å²) in [6.45, 7) is 5.21. The molecule has 158 valence electrons. The predicted molar refractivity (Wildman–Crippen MR) is 116 cm³/mol. The Bertz CT molecular complexity index is 1400. The Kier molecular flexibility index (Phi) is 5.29. The van der Waals surface area contributed by atoms with Crippen molar-refractivity contribution < 1.29 is 19.1 Å². The van der Waals surface area contributed by atoms with E-state index in [0.29, 0.717) is 39.8 Å². The average molecular weight is 419 g/mol. The Hall–Kier alpha value is -3.94. The van der Waals surface area contributed by atoms with Crippen LogP contribution in [0, 0.1) is 13.8 Å². The second-order valence-electron chi connectivity index (χ2n) is 7.16. The van der Waals surface area contributed by atoms with Gasteiger partial charge in [-0.15, -0.1) is 10.2 Å². The molecule has 0 spiro atoms. The molecule has 0 atom stereocenters. The number of carbonyl (C=O) groups is 1. The lowest BCUT2D eigenvalue weighted by atomic mass is 10.0. The van der Waals surface area contributed by atoms with Crippen LogP contribution in [0.4, 0.5) is 5.69 Å². The highest BCUT2D eigenvalue weighted by atomic mass is 16.5. The molecule has 0 radical (unpaired) electrons. The molecular weight excluding hydrogens is 398 g/mol. The molecule has 8 heteroatoms. The Morgan fingerprint density at radius 2 is 1.90 bits per heavy atom. The number of amides is 1. The monoisotopic (exact) mass is 419 g/mol. The van der Waals surface area contributed by atoms with Crippen LogP contribution in [-0.2, 0) is 11.2 Å². The number of carbonyl (C=O) groups excluding carboxylic acids is 1. The molecule has 0 saturated carbocycles. The SMILES string of the molecule is CCc1c(C)c2ccc(OCC(=O)N=Nc3c(O)[nH]c4ccccc34)c(C)c2oc1=O. The predicted octanol–water partition coefficient (Wildman–Crippen LogP) is 4.85. The molecule has 1 amide bonds. The fourth-order valence-corrected chi connectivity index (χ4v) is 3.62. The molecule has 0 fully saturated rings. The highest BCUT2D eigenvalue weighted by molar-refractivity contribution is 5.94. The van der Waals surface area contributed by atoms with Gasteiger partial charge in [0.15, 0.2) is 12.3 Å². The number of aromatic amines is 1. The number of hydrogen-bond donors (Lipinski definition) is 2. The van der Waals surface area contributed by atoms with E-state index in [-0.39, 0.29) is 23.8 Å². The fraction of sp³-hybridized carbons (Fsp3) is 0.217. The van der Waals surface area contributed by atoms with Gasteiger partial charge in [-0.2, -0.15) is 0 Å². The quantitative estimate of drug-likeness (QED) is 0.354. The molecule has 4 aromatic rings. The van der Waals surface area contributed by atoms with Gasteiger partial charge in [-0.3, -0.25) is 4.79 Å². The maximum atomic E-state index is 12.2. The third-order valence-corrected chi connectivity index (χ3v) is 5.28. The maximum absolute atomic E-state index is 12.2. The summed E-state index contributed by atoms with van der Waals surface area (Å²) < 4.78 is 11.1. The fourth-order valence-electron chi connectivity index (χ4n) is 3.62. The van der Waals surface area contributed by atoms with Crippen molar-refractivity contribution in [2.75, 3.05) is 6.61 Å². The number of hydrogen-bond acceptors (Lipinski definition) is 6. The summed E-state index contributed by atoms with van der Waals surface area (Å²) in [6, 6.07) is 10.7. The number of para-hydroxylation sites is 1. The van der Waals surface area contributed by atoms with E-state index in [2.05, 4.69) is 15.2 Å². The Morgan fingerprint density at radius 3 is 2.68 bits per heavy atom. The number of aryl methyl sites for hydroxylation is 2. The number of H-pyrrole nitrogens is 1. The average Bonchev–Trinajstić information content (AvgIpc) is 3.07. The van der Waals surface area contributed by atoms with Crippen LogP contribution in [0.1, 0.15) is 23.6 Å². The van der Waals surface area contributed by atoms with Gasteiger partial charge in [-0.25, -0.2) is 4.79 Å². The third-order valence-electron chi connectivity index (χ3n) is 5.28. The normalized spacial score (nSPS) is 11.6. The first-order chi connectivity index (χ1) is 14.9. The van der Waals surface area contributed by atoms with E-state index in [1.54, 1.807) is 31.2 Å². The number of benzene rings is 2. The molecular formula is C23H21N3O5. The summed E-state index contributed by atoms with van der Waals surface area (Å²) in [4.78, 5) is 27.2. The van der Waals surface area contributed by atoms with E-state index in [9.17, 15) is 14.7 Å². The van der Waals surface area contributed by atoms with Crippen molar-refractivity contribution >= 4 is 33.5 Å².